The minimum Gasteiger partial charge on any atom is -0.496 e. The Morgan fingerprint density at radius 1 is 1.38 bits per heavy atom. The molecule has 1 rings (SSSR count). The van der Waals surface area contributed by atoms with Crippen LogP contribution < -0.4 is 4.74 Å². The van der Waals surface area contributed by atoms with E-state index in [1.54, 1.807) is 7.11 Å². The van der Waals surface area contributed by atoms with Gasteiger partial charge in [-0.15, -0.1) is 0 Å². The fourth-order valence-electron chi connectivity index (χ4n) is 1.56. The van der Waals surface area contributed by atoms with Crippen LogP contribution in [0.4, 0.5) is 0 Å². The summed E-state index contributed by atoms with van der Waals surface area (Å²) in [6.07, 6.45) is 0. The van der Waals surface area contributed by atoms with Gasteiger partial charge in [0.2, 0.25) is 0 Å². The summed E-state index contributed by atoms with van der Waals surface area (Å²) < 4.78 is 5.24. The topological polar surface area (TPSA) is 29.5 Å². The van der Waals surface area contributed by atoms with Crippen LogP contribution in [0, 0.1) is 0 Å². The Bertz CT molecular complexity index is 257. The molecule has 0 amide bonds. The summed E-state index contributed by atoms with van der Waals surface area (Å²) in [5.74, 6) is 1.24. The molecule has 2 nitrogen and oxygen atoms in total. The summed E-state index contributed by atoms with van der Waals surface area (Å²) in [6, 6.07) is 5.75. The van der Waals surface area contributed by atoms with Crippen LogP contribution in [-0.2, 0) is 6.61 Å². The molecule has 0 aromatic heterocycles. The van der Waals surface area contributed by atoms with Crippen LogP contribution in [0.15, 0.2) is 18.2 Å². The van der Waals surface area contributed by atoms with Gasteiger partial charge in [0.05, 0.1) is 13.7 Å². The molecule has 13 heavy (non-hydrogen) atoms. The number of aliphatic hydroxyl groups is 1. The lowest BCUT2D eigenvalue weighted by Gasteiger charge is -2.15. The fourth-order valence-corrected chi connectivity index (χ4v) is 1.56. The minimum atomic E-state index is 0.0741. The van der Waals surface area contributed by atoms with Gasteiger partial charge in [-0.05, 0) is 17.5 Å². The van der Waals surface area contributed by atoms with E-state index in [2.05, 4.69) is 13.8 Å². The van der Waals surface area contributed by atoms with Gasteiger partial charge in [0.15, 0.2) is 0 Å². The van der Waals surface area contributed by atoms with E-state index in [0.717, 1.165) is 16.9 Å². The lowest BCUT2D eigenvalue weighted by Crippen LogP contribution is -1.99. The van der Waals surface area contributed by atoms with E-state index in [-0.39, 0.29) is 6.61 Å². The average molecular weight is 180 g/mol. The molecule has 1 aromatic rings. The van der Waals surface area contributed by atoms with E-state index in [1.807, 2.05) is 18.2 Å². The van der Waals surface area contributed by atoms with Crippen LogP contribution in [0.25, 0.3) is 0 Å². The van der Waals surface area contributed by atoms with Crippen molar-refractivity contribution in [1.29, 1.82) is 0 Å². The number of aliphatic hydroxyl groups excluding tert-OH is 1. The van der Waals surface area contributed by atoms with Gasteiger partial charge >= 0.3 is 0 Å². The highest BCUT2D eigenvalue weighted by atomic mass is 16.5. The number of ether oxygens (including phenoxy) is 1. The van der Waals surface area contributed by atoms with Crippen LogP contribution in [0.1, 0.15) is 30.9 Å². The van der Waals surface area contributed by atoms with Gasteiger partial charge in [-0.2, -0.15) is 0 Å². The van der Waals surface area contributed by atoms with Crippen molar-refractivity contribution in [1.82, 2.24) is 0 Å². The third kappa shape index (κ3) is 2.01. The van der Waals surface area contributed by atoms with E-state index in [1.165, 1.54) is 0 Å². The molecule has 0 aliphatic rings. The minimum absolute atomic E-state index is 0.0741. The normalized spacial score (nSPS) is 10.5. The van der Waals surface area contributed by atoms with E-state index >= 15 is 0 Å². The van der Waals surface area contributed by atoms with E-state index < -0.39 is 0 Å². The molecular formula is C11H16O2. The van der Waals surface area contributed by atoms with Crippen molar-refractivity contribution in [2.24, 2.45) is 0 Å². The molecule has 0 bridgehead atoms. The molecule has 0 aliphatic heterocycles. The first-order valence-electron chi connectivity index (χ1n) is 4.47. The highest BCUT2D eigenvalue weighted by Gasteiger charge is 2.11. The highest BCUT2D eigenvalue weighted by Crippen LogP contribution is 2.29. The monoisotopic (exact) mass is 180 g/mol. The maximum Gasteiger partial charge on any atom is 0.122 e. The van der Waals surface area contributed by atoms with Crippen molar-refractivity contribution < 1.29 is 9.84 Å². The maximum atomic E-state index is 9.13. The second-order valence-corrected chi connectivity index (χ2v) is 3.35. The quantitative estimate of drug-likeness (QED) is 0.773. The van der Waals surface area contributed by atoms with Crippen LogP contribution in [0.3, 0.4) is 0 Å². The number of hydrogen-bond acceptors (Lipinski definition) is 2. The van der Waals surface area contributed by atoms with Gasteiger partial charge in [0.1, 0.15) is 5.75 Å². The van der Waals surface area contributed by atoms with Gasteiger partial charge in [-0.1, -0.05) is 26.0 Å². The first-order valence-corrected chi connectivity index (χ1v) is 4.47. The fraction of sp³-hybridized carbons (Fsp3) is 0.455. The average Bonchev–Trinajstić information content (AvgIpc) is 2.16. The molecular weight excluding hydrogens is 164 g/mol. The van der Waals surface area contributed by atoms with Gasteiger partial charge in [-0.25, -0.2) is 0 Å². The molecule has 0 atom stereocenters. The van der Waals surface area contributed by atoms with E-state index in [9.17, 15) is 0 Å². The Hall–Kier alpha value is -1.02. The zero-order valence-electron chi connectivity index (χ0n) is 8.37. The summed E-state index contributed by atoms with van der Waals surface area (Å²) in [7, 11) is 1.66. The molecule has 0 aliphatic carbocycles. The maximum absolute atomic E-state index is 9.13. The molecule has 1 N–H and O–H groups in total. The number of benzene rings is 1. The Morgan fingerprint density at radius 2 is 2.08 bits per heavy atom. The van der Waals surface area contributed by atoms with Crippen molar-refractivity contribution in [2.45, 2.75) is 26.4 Å². The molecule has 1 aromatic carbocycles. The summed E-state index contributed by atoms with van der Waals surface area (Å²) in [4.78, 5) is 0. The Balaban J connectivity index is 3.21. The van der Waals surface area contributed by atoms with Crippen molar-refractivity contribution in [3.63, 3.8) is 0 Å². The lowest BCUT2D eigenvalue weighted by molar-refractivity contribution is 0.279. The smallest absolute Gasteiger partial charge is 0.122 e. The molecule has 0 unspecified atom stereocenters. The first-order chi connectivity index (χ1) is 6.20. The van der Waals surface area contributed by atoms with E-state index in [4.69, 9.17) is 9.84 Å². The van der Waals surface area contributed by atoms with Gasteiger partial charge < -0.3 is 9.84 Å². The van der Waals surface area contributed by atoms with Crippen LogP contribution in [0.5, 0.6) is 5.75 Å². The summed E-state index contributed by atoms with van der Waals surface area (Å²) in [5.41, 5.74) is 2.06. The zero-order valence-corrected chi connectivity index (χ0v) is 8.37. The molecule has 0 fully saturated rings. The number of hydrogen-bond donors (Lipinski definition) is 1. The van der Waals surface area contributed by atoms with Crippen molar-refractivity contribution in [3.8, 4) is 5.75 Å². The van der Waals surface area contributed by atoms with Gasteiger partial charge in [0.25, 0.3) is 0 Å². The number of methoxy groups -OCH3 is 1. The summed E-state index contributed by atoms with van der Waals surface area (Å²) >= 11 is 0. The molecule has 72 valence electrons. The SMILES string of the molecule is COc1cccc(CO)c1C(C)C. The van der Waals surface area contributed by atoms with Crippen LogP contribution in [0.2, 0.25) is 0 Å². The Morgan fingerprint density at radius 3 is 2.54 bits per heavy atom. The third-order valence-corrected chi connectivity index (χ3v) is 2.12. The molecule has 0 saturated heterocycles. The predicted octanol–water partition coefficient (Wildman–Crippen LogP) is 2.31. The van der Waals surface area contributed by atoms with Crippen molar-refractivity contribution >= 4 is 0 Å². The van der Waals surface area contributed by atoms with Gasteiger partial charge in [0, 0.05) is 5.56 Å². The van der Waals surface area contributed by atoms with Crippen molar-refractivity contribution in [2.75, 3.05) is 7.11 Å². The Labute approximate surface area is 79.2 Å². The number of rotatable bonds is 3. The molecule has 0 spiro atoms. The largest absolute Gasteiger partial charge is 0.496 e. The van der Waals surface area contributed by atoms with Gasteiger partial charge in [-0.3, -0.25) is 0 Å². The highest BCUT2D eigenvalue weighted by molar-refractivity contribution is 5.42. The third-order valence-electron chi connectivity index (χ3n) is 2.12. The van der Waals surface area contributed by atoms with Crippen LogP contribution in [-0.4, -0.2) is 12.2 Å². The molecule has 2 heteroatoms. The lowest BCUT2D eigenvalue weighted by atomic mass is 9.96. The first kappa shape index (κ1) is 10.1. The molecule has 0 saturated carbocycles. The zero-order chi connectivity index (χ0) is 9.84. The van der Waals surface area contributed by atoms with E-state index in [0.29, 0.717) is 5.92 Å². The standard InChI is InChI=1S/C11H16O2/c1-8(2)11-9(7-12)5-4-6-10(11)13-3/h4-6,8,12H,7H2,1-3H3. The Kier molecular flexibility index (Phi) is 3.32. The molecule has 0 radical (unpaired) electrons. The second-order valence-electron chi connectivity index (χ2n) is 3.35. The summed E-state index contributed by atoms with van der Waals surface area (Å²) in [5, 5.41) is 9.13. The predicted molar refractivity (Wildman–Crippen MR) is 53.0 cm³/mol. The second kappa shape index (κ2) is 4.28. The molecule has 0 heterocycles. The van der Waals surface area contributed by atoms with Crippen LogP contribution >= 0.6 is 0 Å². The summed E-state index contributed by atoms with van der Waals surface area (Å²) in [6.45, 7) is 4.26. The van der Waals surface area contributed by atoms with Crippen molar-refractivity contribution in [3.05, 3.63) is 29.3 Å².